The SMILES string of the molecule is Cc1ccccc1-n1cc2c(n1)c(=O)[nH]c1ccccc12. The van der Waals surface area contributed by atoms with Gasteiger partial charge >= 0.3 is 0 Å². The van der Waals surface area contributed by atoms with Gasteiger partial charge in [-0.1, -0.05) is 36.4 Å². The highest BCUT2D eigenvalue weighted by Crippen LogP contribution is 2.22. The Kier molecular flexibility index (Phi) is 2.44. The third-order valence-electron chi connectivity index (χ3n) is 3.76. The number of rotatable bonds is 1. The van der Waals surface area contributed by atoms with E-state index in [0.717, 1.165) is 27.5 Å². The van der Waals surface area contributed by atoms with Gasteiger partial charge in [-0.25, -0.2) is 4.68 Å². The van der Waals surface area contributed by atoms with Crippen LogP contribution in [0, 0.1) is 6.92 Å². The van der Waals surface area contributed by atoms with Crippen molar-refractivity contribution < 1.29 is 0 Å². The summed E-state index contributed by atoms with van der Waals surface area (Å²) in [5.74, 6) is 0. The van der Waals surface area contributed by atoms with Crippen molar-refractivity contribution in [3.05, 3.63) is 70.6 Å². The molecule has 0 spiro atoms. The smallest absolute Gasteiger partial charge is 0.276 e. The van der Waals surface area contributed by atoms with Gasteiger partial charge < -0.3 is 4.98 Å². The van der Waals surface area contributed by atoms with Gasteiger partial charge in [-0.15, -0.1) is 0 Å². The summed E-state index contributed by atoms with van der Waals surface area (Å²) in [5.41, 5.74) is 3.25. The topological polar surface area (TPSA) is 50.7 Å². The molecule has 0 unspecified atom stereocenters. The molecule has 4 heteroatoms. The van der Waals surface area contributed by atoms with Gasteiger partial charge in [0.25, 0.3) is 5.56 Å². The average molecular weight is 275 g/mol. The summed E-state index contributed by atoms with van der Waals surface area (Å²) in [4.78, 5) is 15.1. The summed E-state index contributed by atoms with van der Waals surface area (Å²) < 4.78 is 1.78. The highest BCUT2D eigenvalue weighted by Gasteiger charge is 2.11. The number of nitrogens with zero attached hydrogens (tertiary/aromatic N) is 2. The van der Waals surface area contributed by atoms with E-state index in [2.05, 4.69) is 10.1 Å². The van der Waals surface area contributed by atoms with Gasteiger partial charge in [-0.2, -0.15) is 5.10 Å². The van der Waals surface area contributed by atoms with Crippen LogP contribution < -0.4 is 5.56 Å². The van der Waals surface area contributed by atoms with Gasteiger partial charge in [0.15, 0.2) is 5.52 Å². The van der Waals surface area contributed by atoms with Crippen molar-refractivity contribution in [3.63, 3.8) is 0 Å². The largest absolute Gasteiger partial charge is 0.320 e. The van der Waals surface area contributed by atoms with Crippen LogP contribution in [-0.2, 0) is 0 Å². The molecule has 1 N–H and O–H groups in total. The van der Waals surface area contributed by atoms with Crippen LogP contribution in [0.15, 0.2) is 59.5 Å². The number of hydrogen-bond donors (Lipinski definition) is 1. The number of benzene rings is 2. The third-order valence-corrected chi connectivity index (χ3v) is 3.76. The summed E-state index contributed by atoms with van der Waals surface area (Å²) in [6.07, 6.45) is 1.93. The molecular formula is C17H13N3O. The maximum absolute atomic E-state index is 12.2. The molecule has 4 rings (SSSR count). The molecule has 2 heterocycles. The van der Waals surface area contributed by atoms with Crippen molar-refractivity contribution in [2.45, 2.75) is 6.92 Å². The second-order valence-corrected chi connectivity index (χ2v) is 5.12. The Morgan fingerprint density at radius 3 is 2.62 bits per heavy atom. The summed E-state index contributed by atoms with van der Waals surface area (Å²) in [6.45, 7) is 2.03. The van der Waals surface area contributed by atoms with Crippen molar-refractivity contribution in [3.8, 4) is 5.69 Å². The number of fused-ring (bicyclic) bond motifs is 3. The zero-order valence-electron chi connectivity index (χ0n) is 11.5. The number of aromatic nitrogens is 3. The van der Waals surface area contributed by atoms with E-state index in [9.17, 15) is 4.79 Å². The Morgan fingerprint density at radius 2 is 1.76 bits per heavy atom. The molecule has 2 aromatic carbocycles. The normalized spacial score (nSPS) is 11.3. The van der Waals surface area contributed by atoms with Crippen LogP contribution in [0.2, 0.25) is 0 Å². The van der Waals surface area contributed by atoms with Gasteiger partial charge in [0.1, 0.15) is 0 Å². The molecule has 0 atom stereocenters. The molecule has 0 aliphatic carbocycles. The number of hydrogen-bond acceptors (Lipinski definition) is 2. The Morgan fingerprint density at radius 1 is 1.00 bits per heavy atom. The zero-order valence-corrected chi connectivity index (χ0v) is 11.5. The Labute approximate surface area is 120 Å². The van der Waals surface area contributed by atoms with E-state index in [1.807, 2.05) is 61.7 Å². The number of H-pyrrole nitrogens is 1. The summed E-state index contributed by atoms with van der Waals surface area (Å²) in [6, 6.07) is 15.8. The lowest BCUT2D eigenvalue weighted by Crippen LogP contribution is -2.07. The van der Waals surface area contributed by atoms with E-state index in [4.69, 9.17) is 0 Å². The minimum Gasteiger partial charge on any atom is -0.320 e. The first-order chi connectivity index (χ1) is 10.2. The zero-order chi connectivity index (χ0) is 14.4. The highest BCUT2D eigenvalue weighted by molar-refractivity contribution is 6.03. The van der Waals surface area contributed by atoms with Crippen molar-refractivity contribution in [2.24, 2.45) is 0 Å². The Balaban J connectivity index is 2.11. The number of pyridine rings is 1. The van der Waals surface area contributed by atoms with Crippen LogP contribution in [0.3, 0.4) is 0 Å². The van der Waals surface area contributed by atoms with Crippen LogP contribution >= 0.6 is 0 Å². The molecule has 0 aliphatic rings. The van der Waals surface area contributed by atoms with E-state index < -0.39 is 0 Å². The lowest BCUT2D eigenvalue weighted by Gasteiger charge is -2.03. The van der Waals surface area contributed by atoms with Crippen LogP contribution in [0.4, 0.5) is 0 Å². The van der Waals surface area contributed by atoms with Crippen molar-refractivity contribution >= 4 is 21.8 Å². The van der Waals surface area contributed by atoms with Crippen LogP contribution in [0.5, 0.6) is 0 Å². The number of aromatic amines is 1. The maximum atomic E-state index is 12.2. The van der Waals surface area contributed by atoms with Gasteiger partial charge in [0.2, 0.25) is 0 Å². The first kappa shape index (κ1) is 11.9. The van der Waals surface area contributed by atoms with E-state index in [0.29, 0.717) is 5.52 Å². The quantitative estimate of drug-likeness (QED) is 0.580. The van der Waals surface area contributed by atoms with Gasteiger partial charge in [-0.05, 0) is 24.6 Å². The fraction of sp³-hybridized carbons (Fsp3) is 0.0588. The second kappa shape index (κ2) is 4.31. The molecule has 4 nitrogen and oxygen atoms in total. The predicted molar refractivity (Wildman–Crippen MR) is 83.9 cm³/mol. The Hall–Kier alpha value is -2.88. The van der Waals surface area contributed by atoms with Gasteiger partial charge in [0.05, 0.1) is 5.69 Å². The molecule has 0 saturated carbocycles. The Bertz CT molecular complexity index is 1030. The van der Waals surface area contributed by atoms with Crippen LogP contribution in [0.1, 0.15) is 5.56 Å². The third kappa shape index (κ3) is 1.76. The minimum atomic E-state index is -0.156. The molecule has 0 bridgehead atoms. The molecule has 0 aliphatic heterocycles. The molecule has 4 aromatic rings. The maximum Gasteiger partial charge on any atom is 0.276 e. The van der Waals surface area contributed by atoms with Crippen LogP contribution in [-0.4, -0.2) is 14.8 Å². The molecule has 0 saturated heterocycles. The summed E-state index contributed by atoms with van der Waals surface area (Å²) >= 11 is 0. The first-order valence-electron chi connectivity index (χ1n) is 6.80. The van der Waals surface area contributed by atoms with E-state index in [1.165, 1.54) is 0 Å². The van der Waals surface area contributed by atoms with Crippen molar-refractivity contribution in [1.29, 1.82) is 0 Å². The lowest BCUT2D eigenvalue weighted by molar-refractivity contribution is 0.885. The van der Waals surface area contributed by atoms with Crippen LogP contribution in [0.25, 0.3) is 27.5 Å². The molecule has 102 valence electrons. The van der Waals surface area contributed by atoms with E-state index >= 15 is 0 Å². The monoisotopic (exact) mass is 275 g/mol. The predicted octanol–water partition coefficient (Wildman–Crippen LogP) is 3.18. The summed E-state index contributed by atoms with van der Waals surface area (Å²) in [7, 11) is 0. The summed E-state index contributed by atoms with van der Waals surface area (Å²) in [5, 5.41) is 6.35. The molecule has 0 amide bonds. The van der Waals surface area contributed by atoms with E-state index in [1.54, 1.807) is 4.68 Å². The number of nitrogens with one attached hydrogen (secondary N) is 1. The number of para-hydroxylation sites is 2. The average Bonchev–Trinajstić information content (AvgIpc) is 2.94. The molecule has 0 radical (unpaired) electrons. The highest BCUT2D eigenvalue weighted by atomic mass is 16.1. The van der Waals surface area contributed by atoms with Gasteiger partial charge in [0, 0.05) is 22.5 Å². The van der Waals surface area contributed by atoms with Crippen molar-refractivity contribution in [2.75, 3.05) is 0 Å². The molecule has 2 aromatic heterocycles. The first-order valence-corrected chi connectivity index (χ1v) is 6.80. The lowest BCUT2D eigenvalue weighted by atomic mass is 10.1. The standard InChI is InChI=1S/C17H13N3O/c1-11-6-2-5-9-15(11)20-10-13-12-7-3-4-8-14(12)18-17(21)16(13)19-20/h2-10H,1H3,(H,18,21). The fourth-order valence-corrected chi connectivity index (χ4v) is 2.69. The van der Waals surface area contributed by atoms with E-state index in [-0.39, 0.29) is 5.56 Å². The van der Waals surface area contributed by atoms with Gasteiger partial charge in [-0.3, -0.25) is 4.79 Å². The second-order valence-electron chi connectivity index (χ2n) is 5.12. The number of aryl methyl sites for hydroxylation is 1. The molecular weight excluding hydrogens is 262 g/mol. The fourth-order valence-electron chi connectivity index (χ4n) is 2.69. The van der Waals surface area contributed by atoms with Crippen molar-refractivity contribution in [1.82, 2.24) is 14.8 Å². The molecule has 21 heavy (non-hydrogen) atoms. The molecule has 0 fully saturated rings. The minimum absolute atomic E-state index is 0.156.